The Kier molecular flexibility index (Phi) is 7.84. The molecule has 0 aromatic heterocycles. The van der Waals surface area contributed by atoms with E-state index < -0.39 is 0 Å². The summed E-state index contributed by atoms with van der Waals surface area (Å²) in [6, 6.07) is 4.73. The van der Waals surface area contributed by atoms with E-state index in [-0.39, 0.29) is 12.4 Å². The van der Waals surface area contributed by atoms with Gasteiger partial charge >= 0.3 is 0 Å². The predicted octanol–water partition coefficient (Wildman–Crippen LogP) is 2.79. The SMILES string of the molecule is OCCCSCCNCc1ccc(F)cc1Br. The van der Waals surface area contributed by atoms with E-state index in [0.717, 1.165) is 41.1 Å². The third-order valence-electron chi connectivity index (χ3n) is 2.20. The van der Waals surface area contributed by atoms with Crippen molar-refractivity contribution in [2.24, 2.45) is 0 Å². The highest BCUT2D eigenvalue weighted by molar-refractivity contribution is 9.10. The van der Waals surface area contributed by atoms with Crippen LogP contribution < -0.4 is 5.32 Å². The lowest BCUT2D eigenvalue weighted by molar-refractivity contribution is 0.296. The Morgan fingerprint density at radius 1 is 1.35 bits per heavy atom. The first kappa shape index (κ1) is 15.0. The molecule has 0 saturated heterocycles. The van der Waals surface area contributed by atoms with Gasteiger partial charge in [-0.15, -0.1) is 0 Å². The molecule has 2 N–H and O–H groups in total. The number of halogens is 2. The number of aliphatic hydroxyl groups is 1. The van der Waals surface area contributed by atoms with E-state index in [2.05, 4.69) is 21.2 Å². The second-order valence-corrected chi connectivity index (χ2v) is 5.68. The first-order valence-electron chi connectivity index (χ1n) is 5.57. The van der Waals surface area contributed by atoms with Crippen molar-refractivity contribution in [2.45, 2.75) is 13.0 Å². The lowest BCUT2D eigenvalue weighted by atomic mass is 10.2. The van der Waals surface area contributed by atoms with Gasteiger partial charge in [0.05, 0.1) is 0 Å². The number of hydrogen-bond acceptors (Lipinski definition) is 3. The highest BCUT2D eigenvalue weighted by Gasteiger charge is 2.00. The lowest BCUT2D eigenvalue weighted by Gasteiger charge is -2.06. The number of aliphatic hydroxyl groups excluding tert-OH is 1. The largest absolute Gasteiger partial charge is 0.396 e. The number of benzene rings is 1. The Bertz CT molecular complexity index is 338. The topological polar surface area (TPSA) is 32.3 Å². The third-order valence-corrected chi connectivity index (χ3v) is 4.01. The van der Waals surface area contributed by atoms with Crippen LogP contribution in [0.5, 0.6) is 0 Å². The van der Waals surface area contributed by atoms with Crippen molar-refractivity contribution in [3.05, 3.63) is 34.1 Å². The summed E-state index contributed by atoms with van der Waals surface area (Å²) in [6.07, 6.45) is 0.855. The zero-order chi connectivity index (χ0) is 12.5. The van der Waals surface area contributed by atoms with Crippen molar-refractivity contribution in [2.75, 3.05) is 24.7 Å². The van der Waals surface area contributed by atoms with Gasteiger partial charge in [-0.3, -0.25) is 0 Å². The molecule has 0 heterocycles. The van der Waals surface area contributed by atoms with Crippen LogP contribution in [0.2, 0.25) is 0 Å². The molecule has 1 aromatic carbocycles. The number of hydrogen-bond donors (Lipinski definition) is 2. The minimum Gasteiger partial charge on any atom is -0.396 e. The zero-order valence-corrected chi connectivity index (χ0v) is 12.0. The molecule has 0 spiro atoms. The number of rotatable bonds is 8. The molecule has 0 aliphatic carbocycles. The molecule has 1 aromatic rings. The van der Waals surface area contributed by atoms with Crippen LogP contribution in [0.3, 0.4) is 0 Å². The summed E-state index contributed by atoms with van der Waals surface area (Å²) in [5, 5.41) is 11.9. The minimum absolute atomic E-state index is 0.222. The van der Waals surface area contributed by atoms with E-state index >= 15 is 0 Å². The van der Waals surface area contributed by atoms with Crippen molar-refractivity contribution < 1.29 is 9.50 Å². The summed E-state index contributed by atoms with van der Waals surface area (Å²) < 4.78 is 13.6. The molecule has 0 aliphatic heterocycles. The molecule has 0 fully saturated rings. The summed E-state index contributed by atoms with van der Waals surface area (Å²) in [6.45, 7) is 1.92. The minimum atomic E-state index is -0.222. The average Bonchev–Trinajstić information content (AvgIpc) is 2.30. The Labute approximate surface area is 114 Å². The molecule has 96 valence electrons. The van der Waals surface area contributed by atoms with Gasteiger partial charge in [-0.25, -0.2) is 4.39 Å². The van der Waals surface area contributed by atoms with E-state index in [0.29, 0.717) is 0 Å². The first-order valence-corrected chi connectivity index (χ1v) is 7.52. The second kappa shape index (κ2) is 8.91. The van der Waals surface area contributed by atoms with E-state index in [1.54, 1.807) is 6.07 Å². The summed E-state index contributed by atoms with van der Waals surface area (Å²) in [5.41, 5.74) is 1.06. The van der Waals surface area contributed by atoms with Gasteiger partial charge in [0.1, 0.15) is 5.82 Å². The van der Waals surface area contributed by atoms with Crippen LogP contribution in [-0.2, 0) is 6.54 Å². The normalized spacial score (nSPS) is 10.8. The van der Waals surface area contributed by atoms with Gasteiger partial charge in [0.2, 0.25) is 0 Å². The molecule has 0 atom stereocenters. The van der Waals surface area contributed by atoms with Crippen LogP contribution in [0, 0.1) is 5.82 Å². The van der Waals surface area contributed by atoms with Crippen molar-refractivity contribution in [3.8, 4) is 0 Å². The molecule has 0 bridgehead atoms. The van der Waals surface area contributed by atoms with Crippen LogP contribution in [0.15, 0.2) is 22.7 Å². The molecule has 0 aliphatic rings. The average molecular weight is 322 g/mol. The quantitative estimate of drug-likeness (QED) is 0.722. The molecule has 5 heteroatoms. The van der Waals surface area contributed by atoms with E-state index in [1.165, 1.54) is 12.1 Å². The fourth-order valence-corrected chi connectivity index (χ4v) is 2.62. The maximum absolute atomic E-state index is 12.8. The molecule has 0 unspecified atom stereocenters. The van der Waals surface area contributed by atoms with Gasteiger partial charge in [0.25, 0.3) is 0 Å². The van der Waals surface area contributed by atoms with Crippen molar-refractivity contribution >= 4 is 27.7 Å². The Morgan fingerprint density at radius 2 is 2.18 bits per heavy atom. The molecular formula is C12H17BrFNOS. The molecule has 2 nitrogen and oxygen atoms in total. The maximum Gasteiger partial charge on any atom is 0.124 e. The van der Waals surface area contributed by atoms with Crippen LogP contribution in [0.25, 0.3) is 0 Å². The van der Waals surface area contributed by atoms with Crippen molar-refractivity contribution in [1.29, 1.82) is 0 Å². The summed E-state index contributed by atoms with van der Waals surface area (Å²) in [5.74, 6) is 1.80. The van der Waals surface area contributed by atoms with E-state index in [1.807, 2.05) is 11.8 Å². The highest BCUT2D eigenvalue weighted by atomic mass is 79.9. The highest BCUT2D eigenvalue weighted by Crippen LogP contribution is 2.17. The van der Waals surface area contributed by atoms with E-state index in [9.17, 15) is 4.39 Å². The molecule has 0 amide bonds. The monoisotopic (exact) mass is 321 g/mol. The summed E-state index contributed by atoms with van der Waals surface area (Å²) in [7, 11) is 0. The van der Waals surface area contributed by atoms with Gasteiger partial charge in [0.15, 0.2) is 0 Å². The van der Waals surface area contributed by atoms with Gasteiger partial charge in [0, 0.05) is 29.9 Å². The van der Waals surface area contributed by atoms with Gasteiger partial charge < -0.3 is 10.4 Å². The first-order chi connectivity index (χ1) is 8.24. The molecule has 0 radical (unpaired) electrons. The summed E-state index contributed by atoms with van der Waals surface area (Å²) in [4.78, 5) is 0. The lowest BCUT2D eigenvalue weighted by Crippen LogP contribution is -2.17. The second-order valence-electron chi connectivity index (χ2n) is 3.60. The van der Waals surface area contributed by atoms with Crippen LogP contribution in [0.4, 0.5) is 4.39 Å². The van der Waals surface area contributed by atoms with E-state index in [4.69, 9.17) is 5.11 Å². The predicted molar refractivity (Wildman–Crippen MR) is 74.8 cm³/mol. The Balaban J connectivity index is 2.14. The smallest absolute Gasteiger partial charge is 0.124 e. The van der Waals surface area contributed by atoms with Gasteiger partial charge in [-0.1, -0.05) is 22.0 Å². The van der Waals surface area contributed by atoms with Crippen molar-refractivity contribution in [3.63, 3.8) is 0 Å². The molecule has 1 rings (SSSR count). The zero-order valence-electron chi connectivity index (χ0n) is 9.59. The van der Waals surface area contributed by atoms with Crippen LogP contribution >= 0.6 is 27.7 Å². The van der Waals surface area contributed by atoms with Gasteiger partial charge in [-0.05, 0) is 29.9 Å². The third kappa shape index (κ3) is 6.41. The van der Waals surface area contributed by atoms with Crippen LogP contribution in [-0.4, -0.2) is 29.8 Å². The van der Waals surface area contributed by atoms with Gasteiger partial charge in [-0.2, -0.15) is 11.8 Å². The fraction of sp³-hybridized carbons (Fsp3) is 0.500. The standard InChI is InChI=1S/C12H17BrFNOS/c13-12-8-11(14)3-2-10(12)9-15-4-7-17-6-1-5-16/h2-3,8,15-16H,1,4-7,9H2. The Morgan fingerprint density at radius 3 is 2.88 bits per heavy atom. The molecule has 17 heavy (non-hydrogen) atoms. The van der Waals surface area contributed by atoms with Crippen molar-refractivity contribution in [1.82, 2.24) is 5.32 Å². The molecular weight excluding hydrogens is 305 g/mol. The fourth-order valence-electron chi connectivity index (χ4n) is 1.30. The summed E-state index contributed by atoms with van der Waals surface area (Å²) >= 11 is 5.16. The maximum atomic E-state index is 12.8. The molecule has 0 saturated carbocycles. The number of thioether (sulfide) groups is 1. The number of nitrogens with one attached hydrogen (secondary N) is 1. The van der Waals surface area contributed by atoms with Crippen LogP contribution in [0.1, 0.15) is 12.0 Å². The Hall–Kier alpha value is -0.100.